The molecule has 1 aliphatic heterocycles. The number of hydrogen-bond acceptors (Lipinski definition) is 2. The summed E-state index contributed by atoms with van der Waals surface area (Å²) < 4.78 is 0. The molecule has 4 nitrogen and oxygen atoms in total. The number of piperazine rings is 1. The maximum Gasteiger partial charge on any atom is 0.249 e. The molecule has 96 valence electrons. The largest absolute Gasteiger partial charge is 0.340 e. The Bertz CT molecular complexity index is 332. The molecular formula is C13H22N2O2. The molecule has 0 aromatic rings. The lowest BCUT2D eigenvalue weighted by atomic mass is 9.91. The zero-order valence-corrected chi connectivity index (χ0v) is 11.0. The molecule has 0 aromatic heterocycles. The first kappa shape index (κ1) is 12.4. The molecule has 1 spiro atoms. The summed E-state index contributed by atoms with van der Waals surface area (Å²) in [6.07, 6.45) is 3.68. The van der Waals surface area contributed by atoms with Gasteiger partial charge >= 0.3 is 0 Å². The van der Waals surface area contributed by atoms with E-state index in [9.17, 15) is 9.59 Å². The van der Waals surface area contributed by atoms with Gasteiger partial charge in [0.05, 0.1) is 6.54 Å². The summed E-state index contributed by atoms with van der Waals surface area (Å²) in [5.41, 5.74) is -0.571. The summed E-state index contributed by atoms with van der Waals surface area (Å²) in [5.74, 6) is 0.512. The highest BCUT2D eigenvalue weighted by atomic mass is 16.2. The molecule has 2 rings (SSSR count). The SMILES string of the molecule is CC(C)C(C)N1CC(=O)NC2(CCCC2)C1=O. The van der Waals surface area contributed by atoms with Gasteiger partial charge in [-0.1, -0.05) is 26.7 Å². The van der Waals surface area contributed by atoms with Crippen LogP contribution in [0.3, 0.4) is 0 Å². The second-order valence-electron chi connectivity index (χ2n) is 5.76. The number of nitrogens with zero attached hydrogens (tertiary/aromatic N) is 1. The van der Waals surface area contributed by atoms with Gasteiger partial charge in [-0.3, -0.25) is 9.59 Å². The summed E-state index contributed by atoms with van der Waals surface area (Å²) in [4.78, 5) is 26.1. The maximum atomic E-state index is 12.6. The van der Waals surface area contributed by atoms with E-state index in [1.807, 2.05) is 6.92 Å². The Morgan fingerprint density at radius 1 is 1.18 bits per heavy atom. The smallest absolute Gasteiger partial charge is 0.249 e. The van der Waals surface area contributed by atoms with Crippen molar-refractivity contribution in [2.75, 3.05) is 6.54 Å². The first-order valence-electron chi connectivity index (χ1n) is 6.58. The molecule has 1 N–H and O–H groups in total. The van der Waals surface area contributed by atoms with Gasteiger partial charge in [0.1, 0.15) is 5.54 Å². The number of carbonyl (C=O) groups is 2. The minimum atomic E-state index is -0.571. The third-order valence-electron chi connectivity index (χ3n) is 4.28. The van der Waals surface area contributed by atoms with E-state index >= 15 is 0 Å². The van der Waals surface area contributed by atoms with Crippen molar-refractivity contribution in [3.63, 3.8) is 0 Å². The van der Waals surface area contributed by atoms with Crippen LogP contribution in [-0.4, -0.2) is 34.8 Å². The number of amides is 2. The zero-order chi connectivity index (χ0) is 12.6. The molecule has 0 bridgehead atoms. The third-order valence-corrected chi connectivity index (χ3v) is 4.28. The number of nitrogens with one attached hydrogen (secondary N) is 1. The lowest BCUT2D eigenvalue weighted by molar-refractivity contribution is -0.152. The Morgan fingerprint density at radius 2 is 1.76 bits per heavy atom. The summed E-state index contributed by atoms with van der Waals surface area (Å²) in [6, 6.07) is 0.131. The Kier molecular flexibility index (Phi) is 3.15. The fourth-order valence-corrected chi connectivity index (χ4v) is 2.87. The highest BCUT2D eigenvalue weighted by Gasteiger charge is 2.49. The molecule has 2 fully saturated rings. The van der Waals surface area contributed by atoms with Gasteiger partial charge < -0.3 is 10.2 Å². The van der Waals surface area contributed by atoms with Crippen molar-refractivity contribution in [1.29, 1.82) is 0 Å². The molecule has 1 atom stereocenters. The molecule has 1 unspecified atom stereocenters. The number of hydrogen-bond donors (Lipinski definition) is 1. The third kappa shape index (κ3) is 2.05. The van der Waals surface area contributed by atoms with E-state index in [1.165, 1.54) is 0 Å². The van der Waals surface area contributed by atoms with Gasteiger partial charge in [0.25, 0.3) is 0 Å². The quantitative estimate of drug-likeness (QED) is 0.788. The number of carbonyl (C=O) groups excluding carboxylic acids is 2. The van der Waals surface area contributed by atoms with E-state index in [1.54, 1.807) is 4.90 Å². The molecule has 4 heteroatoms. The molecule has 1 aliphatic carbocycles. The van der Waals surface area contributed by atoms with E-state index in [0.717, 1.165) is 25.7 Å². The molecule has 0 aromatic carbocycles. The normalized spacial score (nSPS) is 25.5. The first-order chi connectivity index (χ1) is 7.96. The van der Waals surface area contributed by atoms with E-state index in [0.29, 0.717) is 5.92 Å². The van der Waals surface area contributed by atoms with Crippen LogP contribution in [0.2, 0.25) is 0 Å². The maximum absolute atomic E-state index is 12.6. The Hall–Kier alpha value is -1.06. The fourth-order valence-electron chi connectivity index (χ4n) is 2.87. The summed E-state index contributed by atoms with van der Waals surface area (Å²) >= 11 is 0. The molecule has 1 heterocycles. The monoisotopic (exact) mass is 238 g/mol. The average molecular weight is 238 g/mol. The molecular weight excluding hydrogens is 216 g/mol. The van der Waals surface area contributed by atoms with Crippen LogP contribution < -0.4 is 5.32 Å². The Morgan fingerprint density at radius 3 is 2.29 bits per heavy atom. The van der Waals surface area contributed by atoms with E-state index < -0.39 is 5.54 Å². The topological polar surface area (TPSA) is 49.4 Å². The summed E-state index contributed by atoms with van der Waals surface area (Å²) in [6.45, 7) is 6.43. The highest BCUT2D eigenvalue weighted by molar-refractivity contribution is 5.98. The molecule has 1 saturated carbocycles. The predicted octanol–water partition coefficient (Wildman–Crippen LogP) is 1.30. The van der Waals surface area contributed by atoms with Crippen molar-refractivity contribution in [3.8, 4) is 0 Å². The van der Waals surface area contributed by atoms with Gasteiger partial charge in [0, 0.05) is 6.04 Å². The Balaban J connectivity index is 2.23. The van der Waals surface area contributed by atoms with Gasteiger partial charge in [0.2, 0.25) is 11.8 Å². The van der Waals surface area contributed by atoms with Gasteiger partial charge in [-0.2, -0.15) is 0 Å². The van der Waals surface area contributed by atoms with E-state index in [2.05, 4.69) is 19.2 Å². The minimum absolute atomic E-state index is 0.000926. The lowest BCUT2D eigenvalue weighted by Crippen LogP contribution is -2.67. The van der Waals surface area contributed by atoms with Crippen LogP contribution in [-0.2, 0) is 9.59 Å². The van der Waals surface area contributed by atoms with E-state index in [-0.39, 0.29) is 24.4 Å². The van der Waals surface area contributed by atoms with Crippen LogP contribution in [0.15, 0.2) is 0 Å². The van der Waals surface area contributed by atoms with Crippen LogP contribution in [0, 0.1) is 5.92 Å². The van der Waals surface area contributed by atoms with Crippen molar-refractivity contribution >= 4 is 11.8 Å². The summed E-state index contributed by atoms with van der Waals surface area (Å²) in [5, 5.41) is 2.94. The van der Waals surface area contributed by atoms with Crippen LogP contribution in [0.1, 0.15) is 46.5 Å². The number of rotatable bonds is 2. The van der Waals surface area contributed by atoms with Crippen molar-refractivity contribution < 1.29 is 9.59 Å². The molecule has 1 saturated heterocycles. The van der Waals surface area contributed by atoms with Crippen molar-refractivity contribution in [1.82, 2.24) is 10.2 Å². The van der Waals surface area contributed by atoms with Gasteiger partial charge in [-0.15, -0.1) is 0 Å². The molecule has 2 amide bonds. The van der Waals surface area contributed by atoms with Gasteiger partial charge in [-0.25, -0.2) is 0 Å². The van der Waals surface area contributed by atoms with Crippen molar-refractivity contribution in [2.24, 2.45) is 5.92 Å². The van der Waals surface area contributed by atoms with Gasteiger partial charge in [-0.05, 0) is 25.7 Å². The van der Waals surface area contributed by atoms with Crippen LogP contribution in [0.4, 0.5) is 0 Å². The van der Waals surface area contributed by atoms with Crippen LogP contribution >= 0.6 is 0 Å². The second-order valence-corrected chi connectivity index (χ2v) is 5.76. The molecule has 2 aliphatic rings. The zero-order valence-electron chi connectivity index (χ0n) is 11.0. The second kappa shape index (κ2) is 4.31. The predicted molar refractivity (Wildman–Crippen MR) is 65.4 cm³/mol. The van der Waals surface area contributed by atoms with E-state index in [4.69, 9.17) is 0 Å². The van der Waals surface area contributed by atoms with Crippen LogP contribution in [0.5, 0.6) is 0 Å². The average Bonchev–Trinajstić information content (AvgIpc) is 2.72. The molecule has 17 heavy (non-hydrogen) atoms. The van der Waals surface area contributed by atoms with Gasteiger partial charge in [0.15, 0.2) is 0 Å². The van der Waals surface area contributed by atoms with Crippen LogP contribution in [0.25, 0.3) is 0 Å². The minimum Gasteiger partial charge on any atom is -0.340 e. The lowest BCUT2D eigenvalue weighted by Gasteiger charge is -2.43. The fraction of sp³-hybridized carbons (Fsp3) is 0.846. The summed E-state index contributed by atoms with van der Waals surface area (Å²) in [7, 11) is 0. The molecule has 0 radical (unpaired) electrons. The van der Waals surface area contributed by atoms with Crippen molar-refractivity contribution in [2.45, 2.75) is 58.0 Å². The highest BCUT2D eigenvalue weighted by Crippen LogP contribution is 2.34. The standard InChI is InChI=1S/C13H22N2O2/c1-9(2)10(3)15-8-11(16)14-13(12(15)17)6-4-5-7-13/h9-10H,4-8H2,1-3H3,(H,14,16). The first-order valence-corrected chi connectivity index (χ1v) is 6.58. The Labute approximate surface area is 103 Å². The van der Waals surface area contributed by atoms with Crippen molar-refractivity contribution in [3.05, 3.63) is 0 Å².